The van der Waals surface area contributed by atoms with Gasteiger partial charge in [0.2, 0.25) is 0 Å². The second-order valence-electron chi connectivity index (χ2n) is 2.88. The molecule has 0 aliphatic carbocycles. The standard InChI is InChI=1S/C8H14N2O/c1-3-10-8(6-9)4-5-11-7(8)2/h7,10H,3-5H2,1-2H3. The second kappa shape index (κ2) is 3.21. The van der Waals surface area contributed by atoms with E-state index in [9.17, 15) is 0 Å². The molecule has 0 aromatic carbocycles. The van der Waals surface area contributed by atoms with Crippen molar-refractivity contribution < 1.29 is 4.74 Å². The van der Waals surface area contributed by atoms with Crippen LogP contribution in [0.3, 0.4) is 0 Å². The van der Waals surface area contributed by atoms with Crippen molar-refractivity contribution in [3.63, 3.8) is 0 Å². The molecule has 1 aliphatic heterocycles. The van der Waals surface area contributed by atoms with Gasteiger partial charge in [0, 0.05) is 13.0 Å². The van der Waals surface area contributed by atoms with E-state index < -0.39 is 5.54 Å². The van der Waals surface area contributed by atoms with E-state index in [1.807, 2.05) is 13.8 Å². The smallest absolute Gasteiger partial charge is 0.135 e. The molecule has 1 aliphatic rings. The summed E-state index contributed by atoms with van der Waals surface area (Å²) in [6.07, 6.45) is 0.825. The molecule has 11 heavy (non-hydrogen) atoms. The van der Waals surface area contributed by atoms with Crippen molar-refractivity contribution in [2.45, 2.75) is 31.9 Å². The van der Waals surface area contributed by atoms with Gasteiger partial charge in [-0.15, -0.1) is 0 Å². The van der Waals surface area contributed by atoms with Gasteiger partial charge >= 0.3 is 0 Å². The van der Waals surface area contributed by atoms with E-state index in [4.69, 9.17) is 10.00 Å². The molecule has 0 aromatic heterocycles. The summed E-state index contributed by atoms with van der Waals surface area (Å²) in [5, 5.41) is 12.1. The predicted octanol–water partition coefficient (Wildman–Crippen LogP) is 0.667. The molecule has 2 unspecified atom stereocenters. The van der Waals surface area contributed by atoms with Crippen LogP contribution in [0.4, 0.5) is 0 Å². The maximum absolute atomic E-state index is 8.93. The van der Waals surface area contributed by atoms with Gasteiger partial charge in [0.25, 0.3) is 0 Å². The lowest BCUT2D eigenvalue weighted by atomic mass is 9.94. The highest BCUT2D eigenvalue weighted by molar-refractivity contribution is 5.13. The van der Waals surface area contributed by atoms with Gasteiger partial charge in [0.05, 0.1) is 12.2 Å². The Labute approximate surface area is 67.3 Å². The minimum absolute atomic E-state index is 0.0208. The Bertz CT molecular complexity index is 175. The first-order valence-electron chi connectivity index (χ1n) is 4.03. The van der Waals surface area contributed by atoms with E-state index in [2.05, 4.69) is 11.4 Å². The molecule has 1 rings (SSSR count). The molecule has 62 valence electrons. The third-order valence-electron chi connectivity index (χ3n) is 2.25. The third kappa shape index (κ3) is 1.37. The van der Waals surface area contributed by atoms with Crippen LogP contribution in [0.2, 0.25) is 0 Å². The van der Waals surface area contributed by atoms with Crippen molar-refractivity contribution in [1.29, 1.82) is 5.26 Å². The summed E-state index contributed by atoms with van der Waals surface area (Å²) in [5.74, 6) is 0. The van der Waals surface area contributed by atoms with Crippen LogP contribution in [-0.2, 0) is 4.74 Å². The molecule has 3 nitrogen and oxygen atoms in total. The van der Waals surface area contributed by atoms with Crippen LogP contribution in [0.15, 0.2) is 0 Å². The summed E-state index contributed by atoms with van der Waals surface area (Å²) in [5.41, 5.74) is -0.422. The highest BCUT2D eigenvalue weighted by Gasteiger charge is 2.40. The fourth-order valence-electron chi connectivity index (χ4n) is 1.48. The van der Waals surface area contributed by atoms with E-state index in [1.165, 1.54) is 0 Å². The minimum atomic E-state index is -0.422. The van der Waals surface area contributed by atoms with Crippen LogP contribution in [-0.4, -0.2) is 24.8 Å². The van der Waals surface area contributed by atoms with Gasteiger partial charge in [-0.2, -0.15) is 5.26 Å². The first-order valence-corrected chi connectivity index (χ1v) is 4.03. The number of likely N-dealkylation sites (N-methyl/N-ethyl adjacent to an activating group) is 1. The molecule has 1 fully saturated rings. The fourth-order valence-corrected chi connectivity index (χ4v) is 1.48. The lowest BCUT2D eigenvalue weighted by Crippen LogP contribution is -2.49. The zero-order chi connectivity index (χ0) is 8.32. The third-order valence-corrected chi connectivity index (χ3v) is 2.25. The van der Waals surface area contributed by atoms with Crippen molar-refractivity contribution in [3.8, 4) is 6.07 Å². The molecule has 0 spiro atoms. The number of hydrogen-bond donors (Lipinski definition) is 1. The van der Waals surface area contributed by atoms with Gasteiger partial charge in [-0.25, -0.2) is 0 Å². The molecule has 0 bridgehead atoms. The Morgan fingerprint density at radius 2 is 2.55 bits per heavy atom. The summed E-state index contributed by atoms with van der Waals surface area (Å²) in [6.45, 7) is 5.46. The maximum Gasteiger partial charge on any atom is 0.135 e. The Balaban J connectivity index is 2.67. The molecular weight excluding hydrogens is 140 g/mol. The van der Waals surface area contributed by atoms with Crippen molar-refractivity contribution in [2.75, 3.05) is 13.2 Å². The summed E-state index contributed by atoms with van der Waals surface area (Å²) in [6, 6.07) is 2.29. The van der Waals surface area contributed by atoms with Gasteiger partial charge in [-0.3, -0.25) is 5.32 Å². The van der Waals surface area contributed by atoms with E-state index in [0.29, 0.717) is 6.61 Å². The number of ether oxygens (including phenoxy) is 1. The van der Waals surface area contributed by atoms with Gasteiger partial charge in [-0.05, 0) is 13.5 Å². The van der Waals surface area contributed by atoms with Crippen LogP contribution in [0.1, 0.15) is 20.3 Å². The Hall–Kier alpha value is -0.590. The van der Waals surface area contributed by atoms with E-state index >= 15 is 0 Å². The largest absolute Gasteiger partial charge is 0.375 e. The molecule has 1 saturated heterocycles. The van der Waals surface area contributed by atoms with Crippen LogP contribution < -0.4 is 5.32 Å². The zero-order valence-corrected chi connectivity index (χ0v) is 7.05. The molecule has 0 aromatic rings. The first-order chi connectivity index (χ1) is 5.25. The Morgan fingerprint density at radius 1 is 1.82 bits per heavy atom. The normalized spacial score (nSPS) is 37.0. The first kappa shape index (κ1) is 8.51. The average Bonchev–Trinajstić information content (AvgIpc) is 2.35. The quantitative estimate of drug-likeness (QED) is 0.635. The van der Waals surface area contributed by atoms with Gasteiger partial charge in [0.15, 0.2) is 0 Å². The zero-order valence-electron chi connectivity index (χ0n) is 7.05. The van der Waals surface area contributed by atoms with E-state index in [1.54, 1.807) is 0 Å². The number of nitrogens with zero attached hydrogens (tertiary/aromatic N) is 1. The number of rotatable bonds is 2. The van der Waals surface area contributed by atoms with Crippen molar-refractivity contribution >= 4 is 0 Å². The molecule has 2 atom stereocenters. The predicted molar refractivity (Wildman–Crippen MR) is 42.1 cm³/mol. The molecule has 0 saturated carbocycles. The number of hydrogen-bond acceptors (Lipinski definition) is 3. The van der Waals surface area contributed by atoms with Gasteiger partial charge in [-0.1, -0.05) is 6.92 Å². The summed E-state index contributed by atoms with van der Waals surface area (Å²) in [7, 11) is 0. The molecule has 1 N–H and O–H groups in total. The van der Waals surface area contributed by atoms with Crippen LogP contribution in [0.25, 0.3) is 0 Å². The molecular formula is C8H14N2O. The molecule has 1 heterocycles. The van der Waals surface area contributed by atoms with E-state index in [-0.39, 0.29) is 6.10 Å². The maximum atomic E-state index is 8.93. The monoisotopic (exact) mass is 154 g/mol. The van der Waals surface area contributed by atoms with Crippen LogP contribution in [0.5, 0.6) is 0 Å². The minimum Gasteiger partial charge on any atom is -0.375 e. The summed E-state index contributed by atoms with van der Waals surface area (Å²) in [4.78, 5) is 0. The summed E-state index contributed by atoms with van der Waals surface area (Å²) < 4.78 is 5.33. The van der Waals surface area contributed by atoms with E-state index in [0.717, 1.165) is 13.0 Å². The number of nitrogens with one attached hydrogen (secondary N) is 1. The van der Waals surface area contributed by atoms with Gasteiger partial charge in [0.1, 0.15) is 5.54 Å². The Kier molecular flexibility index (Phi) is 2.48. The highest BCUT2D eigenvalue weighted by atomic mass is 16.5. The number of nitriles is 1. The SMILES string of the molecule is CCNC1(C#N)CCOC1C. The van der Waals surface area contributed by atoms with Crippen LogP contribution >= 0.6 is 0 Å². The van der Waals surface area contributed by atoms with Crippen LogP contribution in [0, 0.1) is 11.3 Å². The molecule has 0 radical (unpaired) electrons. The second-order valence-corrected chi connectivity index (χ2v) is 2.88. The lowest BCUT2D eigenvalue weighted by Gasteiger charge is -2.24. The molecule has 0 amide bonds. The molecule has 3 heteroatoms. The van der Waals surface area contributed by atoms with Gasteiger partial charge < -0.3 is 4.74 Å². The highest BCUT2D eigenvalue weighted by Crippen LogP contribution is 2.24. The van der Waals surface area contributed by atoms with Crippen molar-refractivity contribution in [2.24, 2.45) is 0 Å². The topological polar surface area (TPSA) is 45.0 Å². The summed E-state index contributed by atoms with van der Waals surface area (Å²) >= 11 is 0. The lowest BCUT2D eigenvalue weighted by molar-refractivity contribution is 0.0993. The fraction of sp³-hybridized carbons (Fsp3) is 0.875. The van der Waals surface area contributed by atoms with Crippen molar-refractivity contribution in [1.82, 2.24) is 5.32 Å². The van der Waals surface area contributed by atoms with Crippen molar-refractivity contribution in [3.05, 3.63) is 0 Å². The average molecular weight is 154 g/mol. The Morgan fingerprint density at radius 3 is 2.91 bits per heavy atom.